The van der Waals surface area contributed by atoms with E-state index in [9.17, 15) is 19.8 Å². The van der Waals surface area contributed by atoms with Gasteiger partial charge in [-0.1, -0.05) is 0 Å². The Hall–Kier alpha value is -1.34. The number of rotatable bonds is 2. The summed E-state index contributed by atoms with van der Waals surface area (Å²) in [5, 5.41) is 27.5. The predicted molar refractivity (Wildman–Crippen MR) is 81.9 cm³/mol. The van der Waals surface area contributed by atoms with Crippen molar-refractivity contribution in [2.75, 3.05) is 0 Å². The third-order valence-corrected chi connectivity index (χ3v) is 6.89. The zero-order chi connectivity index (χ0) is 16.7. The van der Waals surface area contributed by atoms with Crippen molar-refractivity contribution in [1.29, 1.82) is 0 Å². The van der Waals surface area contributed by atoms with Gasteiger partial charge in [-0.2, -0.15) is 0 Å². The largest absolute Gasteiger partial charge is 0.444 e. The summed E-state index contributed by atoms with van der Waals surface area (Å²) in [4.78, 5) is 24.6. The van der Waals surface area contributed by atoms with Crippen LogP contribution in [0.25, 0.3) is 0 Å². The van der Waals surface area contributed by atoms with Crippen molar-refractivity contribution in [1.82, 2.24) is 10.6 Å². The number of hydrogen-bond donors (Lipinski definition) is 4. The molecule has 0 aromatic rings. The minimum absolute atomic E-state index is 0.0614. The summed E-state index contributed by atoms with van der Waals surface area (Å²) in [5.74, 6) is 0.126. The molecule has 1 saturated heterocycles. The Kier molecular flexibility index (Phi) is 2.76. The Balaban J connectivity index is 1.37. The molecule has 132 valence electrons. The Morgan fingerprint density at radius 2 is 1.83 bits per heavy atom. The standard InChI is InChI=1S/C17H24N2O5/c20-13(19-11-1-10-2-12(11)24-14(21)18-10)15-3-9-4-16(22,6-15)8-17(23,5-9)7-15/h9-12,22-23H,1-8H2,(H,18,21)(H,19,20)/t9?,10-,11-,12-,15?,16?,17?/m1/s1. The van der Waals surface area contributed by atoms with Crippen molar-refractivity contribution in [2.45, 2.75) is 80.8 Å². The van der Waals surface area contributed by atoms with E-state index in [-0.39, 0.29) is 30.0 Å². The first kappa shape index (κ1) is 15.0. The van der Waals surface area contributed by atoms with Crippen LogP contribution in [0.1, 0.15) is 51.4 Å². The number of aliphatic hydroxyl groups is 2. The molecule has 1 heterocycles. The molecule has 5 saturated carbocycles. The van der Waals surface area contributed by atoms with E-state index >= 15 is 0 Å². The molecule has 0 aromatic carbocycles. The van der Waals surface area contributed by atoms with Gasteiger partial charge in [0.15, 0.2) is 0 Å². The Labute approximate surface area is 140 Å². The summed E-state index contributed by atoms with van der Waals surface area (Å²) in [6.45, 7) is 0. The van der Waals surface area contributed by atoms with Crippen LogP contribution < -0.4 is 10.6 Å². The third-order valence-electron chi connectivity index (χ3n) is 6.89. The summed E-state index contributed by atoms with van der Waals surface area (Å²) >= 11 is 0. The molecule has 2 unspecified atom stereocenters. The molecule has 6 rings (SSSR count). The zero-order valence-corrected chi connectivity index (χ0v) is 13.6. The van der Waals surface area contributed by atoms with Crippen molar-refractivity contribution in [3.63, 3.8) is 0 Å². The molecule has 4 N–H and O–H groups in total. The van der Waals surface area contributed by atoms with E-state index in [1.54, 1.807) is 0 Å². The molecule has 0 spiro atoms. The second-order valence-corrected chi connectivity index (χ2v) is 9.07. The smallest absolute Gasteiger partial charge is 0.407 e. The van der Waals surface area contributed by atoms with Gasteiger partial charge in [-0.3, -0.25) is 4.79 Å². The van der Waals surface area contributed by atoms with Gasteiger partial charge in [-0.15, -0.1) is 0 Å². The molecule has 1 aliphatic heterocycles. The maximum atomic E-state index is 13.1. The Bertz CT molecular complexity index is 604. The Morgan fingerprint density at radius 3 is 2.50 bits per heavy atom. The van der Waals surface area contributed by atoms with Gasteiger partial charge in [0.05, 0.1) is 22.7 Å². The van der Waals surface area contributed by atoms with Crippen LogP contribution in [0.15, 0.2) is 0 Å². The fraction of sp³-hybridized carbons (Fsp3) is 0.882. The maximum Gasteiger partial charge on any atom is 0.407 e. The average Bonchev–Trinajstić information content (AvgIpc) is 2.69. The SMILES string of the molecule is O=C1N[C@@H]2C[C@@H](NC(=O)C34CC5CC(O)(CC(O)(C5)C3)C4)[C@@H](C2)O1. The van der Waals surface area contributed by atoms with Gasteiger partial charge in [-0.25, -0.2) is 4.79 Å². The number of fused-ring (bicyclic) bond motifs is 2. The molecule has 6 fully saturated rings. The molecule has 24 heavy (non-hydrogen) atoms. The molecular weight excluding hydrogens is 312 g/mol. The van der Waals surface area contributed by atoms with Crippen molar-refractivity contribution < 1.29 is 24.5 Å². The Morgan fingerprint density at radius 1 is 1.12 bits per heavy atom. The van der Waals surface area contributed by atoms with Gasteiger partial charge in [0.25, 0.3) is 0 Å². The van der Waals surface area contributed by atoms with Crippen LogP contribution in [0.4, 0.5) is 4.79 Å². The summed E-state index contributed by atoms with van der Waals surface area (Å²) in [5.41, 5.74) is -2.51. The number of ether oxygens (including phenoxy) is 1. The number of carbonyl (C=O) groups is 2. The van der Waals surface area contributed by atoms with Gasteiger partial charge >= 0.3 is 6.09 Å². The van der Waals surface area contributed by atoms with Crippen LogP contribution in [0.2, 0.25) is 0 Å². The van der Waals surface area contributed by atoms with E-state index in [0.717, 1.165) is 12.8 Å². The summed E-state index contributed by atoms with van der Waals surface area (Å²) < 4.78 is 5.29. The fourth-order valence-corrected chi connectivity index (χ4v) is 6.65. The van der Waals surface area contributed by atoms with Crippen molar-refractivity contribution in [2.24, 2.45) is 11.3 Å². The molecule has 5 atom stereocenters. The first-order valence-electron chi connectivity index (χ1n) is 9.00. The molecule has 0 radical (unpaired) electrons. The fourth-order valence-electron chi connectivity index (χ4n) is 6.65. The predicted octanol–water partition coefficient (Wildman–Crippen LogP) is 0.188. The molecule has 6 aliphatic rings. The highest BCUT2D eigenvalue weighted by molar-refractivity contribution is 5.84. The van der Waals surface area contributed by atoms with Crippen molar-refractivity contribution in [3.05, 3.63) is 0 Å². The van der Waals surface area contributed by atoms with Gasteiger partial charge < -0.3 is 25.6 Å². The van der Waals surface area contributed by atoms with E-state index in [0.29, 0.717) is 38.5 Å². The summed E-state index contributed by atoms with van der Waals surface area (Å²) in [7, 11) is 0. The van der Waals surface area contributed by atoms with Crippen LogP contribution in [0.3, 0.4) is 0 Å². The van der Waals surface area contributed by atoms with Crippen molar-refractivity contribution in [3.8, 4) is 0 Å². The number of amides is 2. The molecule has 5 aliphatic carbocycles. The van der Waals surface area contributed by atoms with E-state index in [1.165, 1.54) is 0 Å². The third kappa shape index (κ3) is 2.10. The molecule has 0 aromatic heterocycles. The first-order valence-corrected chi connectivity index (χ1v) is 9.00. The molecular formula is C17H24N2O5. The minimum atomic E-state index is -0.912. The minimum Gasteiger partial charge on any atom is -0.444 e. The number of carbonyl (C=O) groups excluding carboxylic acids is 2. The zero-order valence-electron chi connectivity index (χ0n) is 13.6. The van der Waals surface area contributed by atoms with E-state index in [2.05, 4.69) is 10.6 Å². The maximum absolute atomic E-state index is 13.1. The molecule has 2 amide bonds. The lowest BCUT2D eigenvalue weighted by Crippen LogP contribution is -2.67. The van der Waals surface area contributed by atoms with Gasteiger partial charge in [0.1, 0.15) is 6.10 Å². The number of nitrogens with one attached hydrogen (secondary N) is 2. The lowest BCUT2D eigenvalue weighted by atomic mass is 9.46. The number of hydrogen-bond acceptors (Lipinski definition) is 5. The second kappa shape index (κ2) is 4.43. The highest BCUT2D eigenvalue weighted by Crippen LogP contribution is 2.63. The first-order chi connectivity index (χ1) is 11.3. The molecule has 6 bridgehead atoms. The number of alkyl carbamates (subject to hydrolysis) is 1. The molecule has 7 nitrogen and oxygen atoms in total. The quantitative estimate of drug-likeness (QED) is 0.576. The van der Waals surface area contributed by atoms with Crippen LogP contribution in [0, 0.1) is 11.3 Å². The van der Waals surface area contributed by atoms with Crippen LogP contribution in [-0.4, -0.2) is 51.6 Å². The summed E-state index contributed by atoms with van der Waals surface area (Å²) in [6, 6.07) is -0.120. The topological polar surface area (TPSA) is 108 Å². The summed E-state index contributed by atoms with van der Waals surface area (Å²) in [6.07, 6.45) is 4.10. The average molecular weight is 336 g/mol. The van der Waals surface area contributed by atoms with E-state index < -0.39 is 22.7 Å². The van der Waals surface area contributed by atoms with Gasteiger partial charge in [0.2, 0.25) is 5.91 Å². The van der Waals surface area contributed by atoms with E-state index in [4.69, 9.17) is 4.74 Å². The highest BCUT2D eigenvalue weighted by atomic mass is 16.6. The lowest BCUT2D eigenvalue weighted by molar-refractivity contribution is -0.228. The van der Waals surface area contributed by atoms with Gasteiger partial charge in [-0.05, 0) is 44.4 Å². The van der Waals surface area contributed by atoms with Crippen LogP contribution in [0.5, 0.6) is 0 Å². The molecule has 7 heteroatoms. The van der Waals surface area contributed by atoms with Crippen molar-refractivity contribution >= 4 is 12.0 Å². The monoisotopic (exact) mass is 336 g/mol. The normalized spacial score (nSPS) is 54.3. The van der Waals surface area contributed by atoms with Crippen LogP contribution in [-0.2, 0) is 9.53 Å². The van der Waals surface area contributed by atoms with E-state index in [1.807, 2.05) is 0 Å². The van der Waals surface area contributed by atoms with Gasteiger partial charge in [0, 0.05) is 18.9 Å². The highest BCUT2D eigenvalue weighted by Gasteiger charge is 2.65. The second-order valence-electron chi connectivity index (χ2n) is 9.07. The lowest BCUT2D eigenvalue weighted by Gasteiger charge is -2.62. The van der Waals surface area contributed by atoms with Crippen LogP contribution >= 0.6 is 0 Å².